The van der Waals surface area contributed by atoms with Gasteiger partial charge in [0.1, 0.15) is 0 Å². The third-order valence-electron chi connectivity index (χ3n) is 5.29. The smallest absolute Gasteiger partial charge is 0.0518 e. The van der Waals surface area contributed by atoms with Crippen molar-refractivity contribution >= 4 is 0 Å². The predicted molar refractivity (Wildman–Crippen MR) is 117 cm³/mol. The molecule has 0 bridgehead atoms. The Morgan fingerprint density at radius 1 is 0.556 bits per heavy atom. The molecule has 0 amide bonds. The molecule has 0 N–H and O–H groups in total. The van der Waals surface area contributed by atoms with E-state index in [1.807, 2.05) is 0 Å². The number of hydrogen-bond donors (Lipinski definition) is 0. The number of nitrogens with zero attached hydrogens (tertiary/aromatic N) is 2. The van der Waals surface area contributed by atoms with E-state index in [9.17, 15) is 0 Å². The Kier molecular flexibility index (Phi) is 15.4. The number of ether oxygens (including phenoxy) is 2. The lowest BCUT2D eigenvalue weighted by atomic mass is 10.1. The summed E-state index contributed by atoms with van der Waals surface area (Å²) in [6.07, 6.45) is 13.0. The molecule has 2 aliphatic heterocycles. The van der Waals surface area contributed by atoms with E-state index in [2.05, 4.69) is 37.5 Å². The molecule has 0 atom stereocenters. The molecule has 0 radical (unpaired) electrons. The second kappa shape index (κ2) is 16.8. The van der Waals surface area contributed by atoms with Crippen molar-refractivity contribution < 1.29 is 9.47 Å². The first-order valence-electron chi connectivity index (χ1n) is 11.8. The molecule has 2 aliphatic rings. The summed E-state index contributed by atoms with van der Waals surface area (Å²) in [4.78, 5) is 5.16. The van der Waals surface area contributed by atoms with Crippen molar-refractivity contribution in [2.24, 2.45) is 0 Å². The quantitative estimate of drug-likeness (QED) is 0.470. The number of unbranched alkanes of at least 4 members (excludes halogenated alkanes) is 1. The highest BCUT2D eigenvalue weighted by Crippen LogP contribution is 2.10. The molecule has 0 spiro atoms. The first-order chi connectivity index (χ1) is 13.1. The first kappa shape index (κ1) is 24.9. The van der Waals surface area contributed by atoms with Gasteiger partial charge in [-0.3, -0.25) is 0 Å². The van der Waals surface area contributed by atoms with E-state index in [1.54, 1.807) is 0 Å². The molecule has 0 aromatic rings. The summed E-state index contributed by atoms with van der Waals surface area (Å²) >= 11 is 0. The van der Waals surface area contributed by atoms with Gasteiger partial charge in [-0.05, 0) is 105 Å². The lowest BCUT2D eigenvalue weighted by molar-refractivity contribution is 0.0690. The van der Waals surface area contributed by atoms with Crippen LogP contribution in [0, 0.1) is 0 Å². The molecule has 0 saturated carbocycles. The number of piperidine rings is 2. The Labute approximate surface area is 170 Å². The summed E-state index contributed by atoms with van der Waals surface area (Å²) in [6, 6.07) is 0. The SMILES string of the molecule is CC(C)OCCCCN1CCCCC1.CC(C)OCCCN1CCCCC1. The van der Waals surface area contributed by atoms with Crippen LogP contribution < -0.4 is 0 Å². The topological polar surface area (TPSA) is 24.9 Å². The largest absolute Gasteiger partial charge is 0.379 e. The van der Waals surface area contributed by atoms with Gasteiger partial charge >= 0.3 is 0 Å². The van der Waals surface area contributed by atoms with Crippen LogP contribution in [0.3, 0.4) is 0 Å². The molecule has 0 aliphatic carbocycles. The fourth-order valence-corrected chi connectivity index (χ4v) is 3.73. The van der Waals surface area contributed by atoms with Crippen LogP contribution in [0.1, 0.15) is 85.5 Å². The van der Waals surface area contributed by atoms with E-state index in [-0.39, 0.29) is 0 Å². The average Bonchev–Trinajstić information content (AvgIpc) is 2.67. The average molecular weight is 385 g/mol. The van der Waals surface area contributed by atoms with Gasteiger partial charge in [0.25, 0.3) is 0 Å². The zero-order valence-electron chi connectivity index (χ0n) is 18.9. The maximum absolute atomic E-state index is 5.51. The predicted octanol–water partition coefficient (Wildman–Crippen LogP) is 4.96. The number of hydrogen-bond acceptors (Lipinski definition) is 4. The van der Waals surface area contributed by atoms with Crippen LogP contribution in [-0.2, 0) is 9.47 Å². The van der Waals surface area contributed by atoms with Gasteiger partial charge in [-0.2, -0.15) is 0 Å². The Morgan fingerprint density at radius 2 is 0.963 bits per heavy atom. The van der Waals surface area contributed by atoms with E-state index >= 15 is 0 Å². The number of rotatable bonds is 11. The van der Waals surface area contributed by atoms with Crippen LogP contribution in [0.5, 0.6) is 0 Å². The Bertz CT molecular complexity index is 312. The minimum absolute atomic E-state index is 0.390. The molecular formula is C23H48N2O2. The van der Waals surface area contributed by atoms with Gasteiger partial charge in [0.05, 0.1) is 12.2 Å². The van der Waals surface area contributed by atoms with Gasteiger partial charge in [-0.1, -0.05) is 12.8 Å². The maximum Gasteiger partial charge on any atom is 0.0518 e. The van der Waals surface area contributed by atoms with Gasteiger partial charge in [-0.15, -0.1) is 0 Å². The molecule has 162 valence electrons. The summed E-state index contributed by atoms with van der Waals surface area (Å²) in [5.41, 5.74) is 0. The van der Waals surface area contributed by atoms with Gasteiger partial charge < -0.3 is 19.3 Å². The van der Waals surface area contributed by atoms with Crippen LogP contribution in [-0.4, -0.2) is 74.5 Å². The molecule has 2 heterocycles. The van der Waals surface area contributed by atoms with E-state index in [0.29, 0.717) is 12.2 Å². The van der Waals surface area contributed by atoms with Crippen molar-refractivity contribution in [1.29, 1.82) is 0 Å². The van der Waals surface area contributed by atoms with Crippen molar-refractivity contribution in [2.45, 2.75) is 97.7 Å². The van der Waals surface area contributed by atoms with Crippen molar-refractivity contribution in [3.8, 4) is 0 Å². The number of likely N-dealkylation sites (tertiary alicyclic amines) is 2. The normalized spacial score (nSPS) is 19.3. The van der Waals surface area contributed by atoms with Crippen molar-refractivity contribution in [2.75, 3.05) is 52.5 Å². The van der Waals surface area contributed by atoms with E-state index in [4.69, 9.17) is 9.47 Å². The van der Waals surface area contributed by atoms with Crippen LogP contribution >= 0.6 is 0 Å². The molecule has 2 rings (SSSR count). The summed E-state index contributed by atoms with van der Waals surface area (Å²) in [5.74, 6) is 0. The van der Waals surface area contributed by atoms with Crippen molar-refractivity contribution in [3.63, 3.8) is 0 Å². The van der Waals surface area contributed by atoms with Crippen molar-refractivity contribution in [1.82, 2.24) is 9.80 Å². The zero-order chi connectivity index (χ0) is 19.7. The van der Waals surface area contributed by atoms with Gasteiger partial charge in [-0.25, -0.2) is 0 Å². The highest BCUT2D eigenvalue weighted by Gasteiger charge is 2.09. The highest BCUT2D eigenvalue weighted by atomic mass is 16.5. The fourth-order valence-electron chi connectivity index (χ4n) is 3.73. The molecule has 27 heavy (non-hydrogen) atoms. The van der Waals surface area contributed by atoms with Crippen LogP contribution in [0.15, 0.2) is 0 Å². The lowest BCUT2D eigenvalue weighted by Crippen LogP contribution is -2.31. The van der Waals surface area contributed by atoms with E-state index in [0.717, 1.165) is 13.2 Å². The van der Waals surface area contributed by atoms with Crippen LogP contribution in [0.2, 0.25) is 0 Å². The summed E-state index contributed by atoms with van der Waals surface area (Å²) in [6.45, 7) is 18.0. The standard InChI is InChI=1S/C12H25NO.C11H23NO/c1-12(2)14-11-7-6-10-13-8-4-3-5-9-13;1-11(2)13-10-6-9-12-7-4-3-5-8-12/h12H,3-11H2,1-2H3;11H,3-10H2,1-2H3. The highest BCUT2D eigenvalue weighted by molar-refractivity contribution is 4.64. The maximum atomic E-state index is 5.51. The molecule has 0 aromatic carbocycles. The summed E-state index contributed by atoms with van der Waals surface area (Å²) < 4.78 is 11.0. The van der Waals surface area contributed by atoms with Gasteiger partial charge in [0.2, 0.25) is 0 Å². The molecule has 4 nitrogen and oxygen atoms in total. The first-order valence-corrected chi connectivity index (χ1v) is 11.8. The third kappa shape index (κ3) is 15.4. The lowest BCUT2D eigenvalue weighted by Gasteiger charge is -2.26. The monoisotopic (exact) mass is 384 g/mol. The van der Waals surface area contributed by atoms with Crippen LogP contribution in [0.4, 0.5) is 0 Å². The fraction of sp³-hybridized carbons (Fsp3) is 1.00. The molecule has 0 unspecified atom stereocenters. The Morgan fingerprint density at radius 3 is 1.41 bits per heavy atom. The Balaban J connectivity index is 0.000000271. The van der Waals surface area contributed by atoms with Crippen LogP contribution in [0.25, 0.3) is 0 Å². The molecule has 2 fully saturated rings. The third-order valence-corrected chi connectivity index (χ3v) is 5.29. The van der Waals surface area contributed by atoms with E-state index in [1.165, 1.54) is 97.1 Å². The molecular weight excluding hydrogens is 336 g/mol. The van der Waals surface area contributed by atoms with Crippen molar-refractivity contribution in [3.05, 3.63) is 0 Å². The Hall–Kier alpha value is -0.160. The van der Waals surface area contributed by atoms with Gasteiger partial charge in [0, 0.05) is 19.8 Å². The van der Waals surface area contributed by atoms with E-state index < -0.39 is 0 Å². The summed E-state index contributed by atoms with van der Waals surface area (Å²) in [5, 5.41) is 0. The summed E-state index contributed by atoms with van der Waals surface area (Å²) in [7, 11) is 0. The second-order valence-electron chi connectivity index (χ2n) is 8.70. The molecule has 2 saturated heterocycles. The second-order valence-corrected chi connectivity index (χ2v) is 8.70. The zero-order valence-corrected chi connectivity index (χ0v) is 18.9. The minimum Gasteiger partial charge on any atom is -0.379 e. The minimum atomic E-state index is 0.390. The molecule has 0 aromatic heterocycles. The molecule has 4 heteroatoms. The van der Waals surface area contributed by atoms with Gasteiger partial charge in [0.15, 0.2) is 0 Å².